The van der Waals surface area contributed by atoms with Crippen molar-refractivity contribution >= 4 is 60.9 Å². The second kappa shape index (κ2) is 14.1. The van der Waals surface area contributed by atoms with Gasteiger partial charge in [0.2, 0.25) is 0 Å². The van der Waals surface area contributed by atoms with E-state index in [1.807, 2.05) is 12.1 Å². The standard InChI is InChI=1S/C64H43NO2/c1-63(2)54-25-10-6-18-46(54)49-36-34-43(38-58(49)63)65(42-32-30-40(31-33-42)45-22-14-23-52-50-21-9-13-29-59(50)66-61(45)52)44-35-37-51-53-24-15-28-57(62(53)67-60(51)39-44)64(41-16-4-3-5-17-41)55-26-11-7-19-47(55)48-20-8-12-27-56(48)64/h3-39H,1-2H3. The summed E-state index contributed by atoms with van der Waals surface area (Å²) in [6.07, 6.45) is 0. The van der Waals surface area contributed by atoms with Crippen molar-refractivity contribution in [1.29, 1.82) is 0 Å². The number of fused-ring (bicyclic) bond motifs is 12. The summed E-state index contributed by atoms with van der Waals surface area (Å²) in [5.74, 6) is 0. The maximum absolute atomic E-state index is 7.29. The van der Waals surface area contributed by atoms with E-state index in [4.69, 9.17) is 8.83 Å². The first-order valence-electron chi connectivity index (χ1n) is 23.2. The molecule has 0 radical (unpaired) electrons. The van der Waals surface area contributed by atoms with E-state index in [1.54, 1.807) is 0 Å². The lowest BCUT2D eigenvalue weighted by Gasteiger charge is -2.33. The van der Waals surface area contributed by atoms with Gasteiger partial charge in [-0.05, 0) is 98.1 Å². The summed E-state index contributed by atoms with van der Waals surface area (Å²) in [6.45, 7) is 4.70. The number of rotatable bonds is 6. The summed E-state index contributed by atoms with van der Waals surface area (Å²) in [5.41, 5.74) is 20.8. The molecule has 0 fully saturated rings. The summed E-state index contributed by atoms with van der Waals surface area (Å²) in [6, 6.07) is 81.7. The van der Waals surface area contributed by atoms with E-state index >= 15 is 0 Å². The van der Waals surface area contributed by atoms with Crippen LogP contribution in [0, 0.1) is 0 Å². The Kier molecular flexibility index (Phi) is 7.95. The van der Waals surface area contributed by atoms with Crippen LogP contribution in [0.25, 0.3) is 77.3 Å². The molecular formula is C64H43NO2. The quantitative estimate of drug-likeness (QED) is 0.167. The zero-order valence-corrected chi connectivity index (χ0v) is 37.1. The number of hydrogen-bond acceptors (Lipinski definition) is 3. The number of furan rings is 2. The molecule has 0 aliphatic heterocycles. The molecular weight excluding hydrogens is 815 g/mol. The predicted molar refractivity (Wildman–Crippen MR) is 276 cm³/mol. The van der Waals surface area contributed by atoms with Crippen LogP contribution in [0.4, 0.5) is 17.1 Å². The second-order valence-corrected chi connectivity index (χ2v) is 18.7. The summed E-state index contributed by atoms with van der Waals surface area (Å²) < 4.78 is 13.8. The zero-order chi connectivity index (χ0) is 44.4. The van der Waals surface area contributed by atoms with Gasteiger partial charge in [-0.15, -0.1) is 0 Å². The highest BCUT2D eigenvalue weighted by Gasteiger charge is 2.47. The second-order valence-electron chi connectivity index (χ2n) is 18.7. The molecule has 67 heavy (non-hydrogen) atoms. The highest BCUT2D eigenvalue weighted by molar-refractivity contribution is 6.10. The first kappa shape index (κ1) is 37.9. The highest BCUT2D eigenvalue weighted by atomic mass is 16.3. The average molecular weight is 858 g/mol. The maximum Gasteiger partial charge on any atom is 0.143 e. The largest absolute Gasteiger partial charge is 0.456 e. The molecule has 0 amide bonds. The van der Waals surface area contributed by atoms with E-state index in [2.05, 4.69) is 231 Å². The lowest BCUT2D eigenvalue weighted by molar-refractivity contribution is 0.648. The average Bonchev–Trinajstić information content (AvgIpc) is 4.10. The van der Waals surface area contributed by atoms with E-state index in [1.165, 1.54) is 50.1 Å². The summed E-state index contributed by atoms with van der Waals surface area (Å²) in [5, 5.41) is 4.44. The predicted octanol–water partition coefficient (Wildman–Crippen LogP) is 17.3. The van der Waals surface area contributed by atoms with Crippen LogP contribution < -0.4 is 4.90 Å². The van der Waals surface area contributed by atoms with Crippen molar-refractivity contribution in [3.05, 3.63) is 258 Å². The third kappa shape index (κ3) is 5.28. The fourth-order valence-corrected chi connectivity index (χ4v) is 11.9. The van der Waals surface area contributed by atoms with Gasteiger partial charge in [0.15, 0.2) is 0 Å². The van der Waals surface area contributed by atoms with Crippen LogP contribution in [0.15, 0.2) is 233 Å². The minimum Gasteiger partial charge on any atom is -0.456 e. The van der Waals surface area contributed by atoms with Crippen molar-refractivity contribution < 1.29 is 8.83 Å². The Morgan fingerprint density at radius 1 is 0.328 bits per heavy atom. The topological polar surface area (TPSA) is 29.5 Å². The van der Waals surface area contributed by atoms with Gasteiger partial charge < -0.3 is 13.7 Å². The fourth-order valence-electron chi connectivity index (χ4n) is 11.9. The minimum absolute atomic E-state index is 0.159. The van der Waals surface area contributed by atoms with Crippen LogP contribution in [0.3, 0.4) is 0 Å². The summed E-state index contributed by atoms with van der Waals surface area (Å²) >= 11 is 0. The van der Waals surface area contributed by atoms with Crippen LogP contribution in [-0.2, 0) is 10.8 Å². The van der Waals surface area contributed by atoms with Crippen molar-refractivity contribution in [2.45, 2.75) is 24.7 Å². The monoisotopic (exact) mass is 857 g/mol. The molecule has 10 aromatic carbocycles. The number of anilines is 3. The lowest BCUT2D eigenvalue weighted by Crippen LogP contribution is -2.28. The number of nitrogens with zero attached hydrogens (tertiary/aromatic N) is 1. The van der Waals surface area contributed by atoms with E-state index in [0.29, 0.717) is 0 Å². The van der Waals surface area contributed by atoms with Crippen LogP contribution >= 0.6 is 0 Å². The lowest BCUT2D eigenvalue weighted by atomic mass is 9.67. The smallest absolute Gasteiger partial charge is 0.143 e. The van der Waals surface area contributed by atoms with Crippen LogP contribution in [-0.4, -0.2) is 0 Å². The highest BCUT2D eigenvalue weighted by Crippen LogP contribution is 2.58. The SMILES string of the molecule is CC1(C)c2ccccc2-c2ccc(N(c3ccc(-c4cccc5c4oc4ccccc45)cc3)c3ccc4c(c3)oc3c(C5(c6ccccc6)c6ccccc6-c6ccccc65)cccc34)cc21. The van der Waals surface area contributed by atoms with E-state index < -0.39 is 5.41 Å². The number of para-hydroxylation sites is 3. The van der Waals surface area contributed by atoms with Gasteiger partial charge in [0.05, 0.1) is 5.41 Å². The molecule has 14 rings (SSSR count). The Morgan fingerprint density at radius 3 is 1.60 bits per heavy atom. The molecule has 2 heterocycles. The Balaban J connectivity index is 0.959. The molecule has 0 N–H and O–H groups in total. The first-order chi connectivity index (χ1) is 33.0. The molecule has 0 unspecified atom stereocenters. The molecule has 2 aliphatic rings. The fraction of sp³-hybridized carbons (Fsp3) is 0.0625. The zero-order valence-electron chi connectivity index (χ0n) is 37.1. The molecule has 3 heteroatoms. The maximum atomic E-state index is 7.29. The van der Waals surface area contributed by atoms with Crippen molar-refractivity contribution in [3.63, 3.8) is 0 Å². The van der Waals surface area contributed by atoms with Gasteiger partial charge in [-0.25, -0.2) is 0 Å². The first-order valence-corrected chi connectivity index (χ1v) is 23.2. The van der Waals surface area contributed by atoms with E-state index in [-0.39, 0.29) is 5.41 Å². The molecule has 2 aromatic heterocycles. The van der Waals surface area contributed by atoms with Crippen molar-refractivity contribution in [3.8, 4) is 33.4 Å². The van der Waals surface area contributed by atoms with Gasteiger partial charge in [0.25, 0.3) is 0 Å². The van der Waals surface area contributed by atoms with E-state index in [0.717, 1.165) is 77.6 Å². The normalized spacial score (nSPS) is 14.1. The Morgan fingerprint density at radius 2 is 0.836 bits per heavy atom. The summed E-state index contributed by atoms with van der Waals surface area (Å²) in [7, 11) is 0. The van der Waals surface area contributed by atoms with E-state index in [9.17, 15) is 0 Å². The number of benzene rings is 10. The molecule has 0 atom stereocenters. The Bertz CT molecular complexity index is 3920. The summed E-state index contributed by atoms with van der Waals surface area (Å²) in [4.78, 5) is 2.38. The molecule has 12 aromatic rings. The van der Waals surface area contributed by atoms with Gasteiger partial charge in [-0.2, -0.15) is 0 Å². The Labute approximate surface area is 388 Å². The molecule has 0 bridgehead atoms. The van der Waals surface area contributed by atoms with Gasteiger partial charge in [0.1, 0.15) is 22.3 Å². The molecule has 2 aliphatic carbocycles. The van der Waals surface area contributed by atoms with Gasteiger partial charge in [-0.1, -0.05) is 190 Å². The third-order valence-corrected chi connectivity index (χ3v) is 15.0. The van der Waals surface area contributed by atoms with Crippen molar-refractivity contribution in [1.82, 2.24) is 0 Å². The van der Waals surface area contributed by atoms with Crippen molar-refractivity contribution in [2.24, 2.45) is 0 Å². The Hall–Kier alpha value is -8.40. The molecule has 0 saturated heterocycles. The van der Waals surface area contributed by atoms with Crippen molar-refractivity contribution in [2.75, 3.05) is 4.90 Å². The molecule has 3 nitrogen and oxygen atoms in total. The van der Waals surface area contributed by atoms with Crippen LogP contribution in [0.5, 0.6) is 0 Å². The van der Waals surface area contributed by atoms with Gasteiger partial charge in [0, 0.05) is 61.2 Å². The molecule has 0 spiro atoms. The molecule has 316 valence electrons. The van der Waals surface area contributed by atoms with Crippen LogP contribution in [0.1, 0.15) is 47.2 Å². The van der Waals surface area contributed by atoms with Crippen LogP contribution in [0.2, 0.25) is 0 Å². The molecule has 0 saturated carbocycles. The number of hydrogen-bond donors (Lipinski definition) is 0. The van der Waals surface area contributed by atoms with Gasteiger partial charge in [-0.3, -0.25) is 0 Å². The van der Waals surface area contributed by atoms with Gasteiger partial charge >= 0.3 is 0 Å². The minimum atomic E-state index is -0.583. The third-order valence-electron chi connectivity index (χ3n) is 15.0.